The van der Waals surface area contributed by atoms with E-state index >= 15 is 0 Å². The minimum absolute atomic E-state index is 0.0708. The molecule has 0 radical (unpaired) electrons. The number of alkyl halides is 3. The van der Waals surface area contributed by atoms with Crippen LogP contribution in [0.3, 0.4) is 0 Å². The van der Waals surface area contributed by atoms with Gasteiger partial charge in [0.15, 0.2) is 5.78 Å². The number of amides is 1. The number of ketones is 1. The Kier molecular flexibility index (Phi) is 7.18. The highest BCUT2D eigenvalue weighted by Crippen LogP contribution is 2.70. The number of rotatable bonds is 2. The van der Waals surface area contributed by atoms with Crippen LogP contribution in [0.15, 0.2) is 22.4 Å². The van der Waals surface area contributed by atoms with Crippen LogP contribution in [-0.4, -0.2) is 36.4 Å². The maximum Gasteiger partial charge on any atom is 0.405 e. The first-order valence-corrected chi connectivity index (χ1v) is 15.0. The lowest BCUT2D eigenvalue weighted by molar-refractivity contribution is -0.166. The third-order valence-electron chi connectivity index (χ3n) is 12.1. The second kappa shape index (κ2) is 9.80. The molecular weight excluding hydrogens is 533 g/mol. The zero-order valence-corrected chi connectivity index (χ0v) is 24.8. The van der Waals surface area contributed by atoms with Crippen molar-refractivity contribution in [1.29, 1.82) is 0 Å². The van der Waals surface area contributed by atoms with E-state index in [1.54, 1.807) is 0 Å². The van der Waals surface area contributed by atoms with Crippen LogP contribution in [0.2, 0.25) is 0 Å². The highest BCUT2D eigenvalue weighted by molar-refractivity contribution is 5.96. The smallest absolute Gasteiger partial charge is 0.361 e. The second-order valence-electron chi connectivity index (χ2n) is 14.7. The van der Waals surface area contributed by atoms with Gasteiger partial charge in [0.25, 0.3) is 0 Å². The molecule has 6 nitrogen and oxygen atoms in total. The van der Waals surface area contributed by atoms with Gasteiger partial charge in [-0.05, 0) is 91.4 Å². The molecule has 1 aromatic rings. The van der Waals surface area contributed by atoms with Gasteiger partial charge in [0, 0.05) is 17.4 Å². The molecule has 5 aliphatic rings. The van der Waals surface area contributed by atoms with Gasteiger partial charge in [-0.3, -0.25) is 9.59 Å². The molecule has 0 bridgehead atoms. The Balaban J connectivity index is 0.00000165. The summed E-state index contributed by atoms with van der Waals surface area (Å²) in [7, 11) is 0. The quantitative estimate of drug-likeness (QED) is 0.429. The molecule has 6 rings (SSSR count). The summed E-state index contributed by atoms with van der Waals surface area (Å²) in [6.45, 7) is 11.8. The van der Waals surface area contributed by atoms with E-state index in [0.717, 1.165) is 37.0 Å². The summed E-state index contributed by atoms with van der Waals surface area (Å²) < 4.78 is 44.9. The summed E-state index contributed by atoms with van der Waals surface area (Å²) in [5.41, 5.74) is 1.000. The first-order valence-electron chi connectivity index (χ1n) is 15.0. The first-order chi connectivity index (χ1) is 19.1. The molecule has 8 atom stereocenters. The van der Waals surface area contributed by atoms with Crippen LogP contribution in [0.4, 0.5) is 13.2 Å². The zero-order valence-electron chi connectivity index (χ0n) is 24.8. The van der Waals surface area contributed by atoms with Gasteiger partial charge in [-0.1, -0.05) is 45.3 Å². The van der Waals surface area contributed by atoms with Gasteiger partial charge < -0.3 is 14.6 Å². The molecular formula is C32H43F3N2O4. The topological polar surface area (TPSA) is 89.3 Å². The second-order valence-corrected chi connectivity index (χ2v) is 14.7. The average Bonchev–Trinajstić information content (AvgIpc) is 3.37. The molecule has 0 spiro atoms. The lowest BCUT2D eigenvalue weighted by Gasteiger charge is -2.64. The molecule has 3 saturated carbocycles. The third kappa shape index (κ3) is 4.51. The van der Waals surface area contributed by atoms with E-state index in [1.165, 1.54) is 5.57 Å². The number of fused-ring (bicyclic) bond motifs is 8. The molecule has 1 N–H and O–H groups in total. The number of nitrogens with one attached hydrogen (secondary N) is 1. The molecule has 9 heteroatoms. The molecule has 3 fully saturated rings. The summed E-state index contributed by atoms with van der Waals surface area (Å²) in [6, 6.07) is 0. The van der Waals surface area contributed by atoms with E-state index < -0.39 is 24.0 Å². The van der Waals surface area contributed by atoms with E-state index in [9.17, 15) is 22.8 Å². The normalized spacial score (nSPS) is 40.7. The van der Waals surface area contributed by atoms with Crippen LogP contribution in [0.5, 0.6) is 0 Å². The lowest BCUT2D eigenvalue weighted by atomic mass is 9.39. The van der Waals surface area contributed by atoms with Gasteiger partial charge in [0.2, 0.25) is 5.91 Å². The van der Waals surface area contributed by atoms with Crippen LogP contribution in [0.1, 0.15) is 96.8 Å². The van der Waals surface area contributed by atoms with E-state index in [4.69, 9.17) is 9.32 Å². The predicted octanol–water partition coefficient (Wildman–Crippen LogP) is 6.60. The number of nitrogens with zero attached hydrogens (tertiary/aromatic N) is 1. The van der Waals surface area contributed by atoms with Gasteiger partial charge in [-0.25, -0.2) is 0 Å². The van der Waals surface area contributed by atoms with E-state index in [-0.39, 0.29) is 45.7 Å². The number of aromatic nitrogens is 1. The molecule has 1 aromatic heterocycles. The SMILES string of the molecule is C=O.CC1c2oncc2CC2(C)C3=CC(=O)C4C(CCC5(C(=O)NCC(F)(F)F)CCC(C)(C)CC45)C3(C)CCC12. The van der Waals surface area contributed by atoms with E-state index in [0.29, 0.717) is 31.6 Å². The molecule has 0 aromatic carbocycles. The third-order valence-corrected chi connectivity index (χ3v) is 12.1. The Morgan fingerprint density at radius 1 is 1.05 bits per heavy atom. The van der Waals surface area contributed by atoms with E-state index in [1.807, 2.05) is 19.1 Å². The number of hydrogen-bond donors (Lipinski definition) is 1. The average molecular weight is 577 g/mol. The molecule has 226 valence electrons. The maximum atomic E-state index is 14.2. The summed E-state index contributed by atoms with van der Waals surface area (Å²) in [5.74, 6) is 0.604. The number of carbonyl (C=O) groups is 3. The lowest BCUT2D eigenvalue weighted by Crippen LogP contribution is -2.62. The molecule has 1 amide bonds. The Morgan fingerprint density at radius 3 is 2.41 bits per heavy atom. The molecule has 0 aliphatic heterocycles. The summed E-state index contributed by atoms with van der Waals surface area (Å²) in [6.07, 6.45) is 5.28. The van der Waals surface area contributed by atoms with Crippen molar-refractivity contribution in [3.8, 4) is 0 Å². The van der Waals surface area contributed by atoms with Crippen LogP contribution in [-0.2, 0) is 20.8 Å². The Hall–Kier alpha value is -2.45. The van der Waals surface area contributed by atoms with Gasteiger partial charge in [-0.2, -0.15) is 13.2 Å². The van der Waals surface area contributed by atoms with Crippen LogP contribution >= 0.6 is 0 Å². The number of allylic oxidation sites excluding steroid dienone is 2. The van der Waals surface area contributed by atoms with Gasteiger partial charge in [-0.15, -0.1) is 0 Å². The number of hydrogen-bond acceptors (Lipinski definition) is 5. The van der Waals surface area contributed by atoms with Gasteiger partial charge >= 0.3 is 6.18 Å². The predicted molar refractivity (Wildman–Crippen MR) is 147 cm³/mol. The van der Waals surface area contributed by atoms with E-state index in [2.05, 4.69) is 45.1 Å². The van der Waals surface area contributed by atoms with Crippen molar-refractivity contribution >= 4 is 18.5 Å². The monoisotopic (exact) mass is 576 g/mol. The zero-order chi connectivity index (χ0) is 30.2. The summed E-state index contributed by atoms with van der Waals surface area (Å²) in [5, 5.41) is 6.32. The molecule has 41 heavy (non-hydrogen) atoms. The van der Waals surface area contributed by atoms with Gasteiger partial charge in [0.1, 0.15) is 19.1 Å². The first kappa shape index (κ1) is 30.0. The summed E-state index contributed by atoms with van der Waals surface area (Å²) in [4.78, 5) is 35.8. The standard InChI is InChI=1S/C31H41F3N2O3.CH2O/c1-17-19-6-8-28(4)20-7-9-30(26(38)35-16-31(32,33)34)11-10-27(2,3)14-21(30)24(20)22(37)12-23(28)29(19,5)13-18-15-36-39-25(17)18;1-2/h12,15,17,19-21,24H,6-11,13-14,16H2,1-5H3,(H,35,38);1H2. The van der Waals surface area contributed by atoms with Crippen molar-refractivity contribution < 1.29 is 32.1 Å². The molecule has 0 saturated heterocycles. The van der Waals surface area contributed by atoms with Crippen LogP contribution in [0.25, 0.3) is 0 Å². The van der Waals surface area contributed by atoms with Crippen molar-refractivity contribution in [3.63, 3.8) is 0 Å². The van der Waals surface area contributed by atoms with Crippen molar-refractivity contribution in [2.45, 2.75) is 98.1 Å². The fourth-order valence-corrected chi connectivity index (χ4v) is 10.3. The maximum absolute atomic E-state index is 14.2. The minimum Gasteiger partial charge on any atom is -0.361 e. The van der Waals surface area contributed by atoms with Gasteiger partial charge in [0.05, 0.1) is 11.6 Å². The fraction of sp³-hybridized carbons (Fsp3) is 0.750. The highest BCUT2D eigenvalue weighted by atomic mass is 19.4. The van der Waals surface area contributed by atoms with Crippen LogP contribution in [0, 0.1) is 45.3 Å². The molecule has 1 heterocycles. The van der Waals surface area contributed by atoms with Crippen molar-refractivity contribution in [2.75, 3.05) is 6.54 Å². The number of halogens is 3. The Bertz CT molecular complexity index is 1250. The van der Waals surface area contributed by atoms with Crippen molar-refractivity contribution in [1.82, 2.24) is 10.5 Å². The van der Waals surface area contributed by atoms with Crippen molar-refractivity contribution in [2.24, 2.45) is 45.3 Å². The number of carbonyl (C=O) groups excluding carboxylic acids is 3. The molecule has 5 aliphatic carbocycles. The van der Waals surface area contributed by atoms with Crippen LogP contribution < -0.4 is 5.32 Å². The Morgan fingerprint density at radius 2 is 1.73 bits per heavy atom. The Labute approximate surface area is 240 Å². The largest absolute Gasteiger partial charge is 0.405 e. The fourth-order valence-electron chi connectivity index (χ4n) is 10.3. The molecule has 8 unspecified atom stereocenters. The minimum atomic E-state index is -4.46. The van der Waals surface area contributed by atoms with Crippen molar-refractivity contribution in [3.05, 3.63) is 29.2 Å². The highest BCUT2D eigenvalue weighted by Gasteiger charge is 2.66. The summed E-state index contributed by atoms with van der Waals surface area (Å²) >= 11 is 0.